The summed E-state index contributed by atoms with van der Waals surface area (Å²) in [7, 11) is 0. The third kappa shape index (κ3) is 1.42. The van der Waals surface area contributed by atoms with Crippen LogP contribution in [0.25, 0.3) is 0 Å². The van der Waals surface area contributed by atoms with Crippen LogP contribution in [0.5, 0.6) is 0 Å². The normalized spacial score (nSPS) is 12.1. The molecule has 1 rings (SSSR count). The predicted molar refractivity (Wildman–Crippen MR) is 41.9 cm³/mol. The summed E-state index contributed by atoms with van der Waals surface area (Å²) < 4.78 is 14.7. The number of nitrogens with zero attached hydrogens (tertiary/aromatic N) is 2. The highest BCUT2D eigenvalue weighted by Gasteiger charge is 2.17. The first-order chi connectivity index (χ1) is 4.93. The standard InChI is InChI=1S/C8H13FN2/c1-6-7(9)11(5-10-6)8(2,3)4/h5H,1-4H3. The molecule has 0 saturated heterocycles. The minimum Gasteiger partial charge on any atom is -0.302 e. The van der Waals surface area contributed by atoms with E-state index in [1.165, 1.54) is 10.9 Å². The van der Waals surface area contributed by atoms with Gasteiger partial charge in [0.05, 0.1) is 12.0 Å². The lowest BCUT2D eigenvalue weighted by molar-refractivity contribution is 0.335. The second-order valence-corrected chi connectivity index (χ2v) is 3.66. The Morgan fingerprint density at radius 1 is 1.45 bits per heavy atom. The highest BCUT2D eigenvalue weighted by Crippen LogP contribution is 2.16. The SMILES string of the molecule is Cc1ncn(C(C)(C)C)c1F. The first kappa shape index (κ1) is 8.24. The number of aryl methyl sites for hydroxylation is 1. The molecular formula is C8H13FN2. The van der Waals surface area contributed by atoms with Crippen LogP contribution in [0, 0.1) is 12.9 Å². The lowest BCUT2D eigenvalue weighted by Crippen LogP contribution is -2.22. The molecule has 0 aliphatic heterocycles. The van der Waals surface area contributed by atoms with Crippen LogP contribution >= 0.6 is 0 Å². The summed E-state index contributed by atoms with van der Waals surface area (Å²) in [4.78, 5) is 3.87. The van der Waals surface area contributed by atoms with E-state index < -0.39 is 0 Å². The predicted octanol–water partition coefficient (Wildman–Crippen LogP) is 2.09. The van der Waals surface area contributed by atoms with Gasteiger partial charge in [-0.05, 0) is 27.7 Å². The maximum atomic E-state index is 13.2. The van der Waals surface area contributed by atoms with Gasteiger partial charge in [0.25, 0.3) is 0 Å². The van der Waals surface area contributed by atoms with Gasteiger partial charge in [-0.3, -0.25) is 0 Å². The molecule has 3 heteroatoms. The minimum absolute atomic E-state index is 0.217. The van der Waals surface area contributed by atoms with E-state index in [9.17, 15) is 4.39 Å². The summed E-state index contributed by atoms with van der Waals surface area (Å²) in [5.74, 6) is -0.238. The zero-order valence-corrected chi connectivity index (χ0v) is 7.35. The molecule has 0 bridgehead atoms. The molecule has 0 atom stereocenters. The highest BCUT2D eigenvalue weighted by atomic mass is 19.1. The fourth-order valence-corrected chi connectivity index (χ4v) is 0.890. The van der Waals surface area contributed by atoms with E-state index in [2.05, 4.69) is 4.98 Å². The number of aromatic nitrogens is 2. The van der Waals surface area contributed by atoms with Crippen molar-refractivity contribution in [2.24, 2.45) is 0 Å². The molecule has 1 aromatic rings. The van der Waals surface area contributed by atoms with Crippen molar-refractivity contribution >= 4 is 0 Å². The van der Waals surface area contributed by atoms with Gasteiger partial charge in [-0.15, -0.1) is 0 Å². The smallest absolute Gasteiger partial charge is 0.216 e. The third-order valence-electron chi connectivity index (χ3n) is 1.60. The molecule has 0 radical (unpaired) electrons. The van der Waals surface area contributed by atoms with Gasteiger partial charge in [0, 0.05) is 5.54 Å². The molecule has 0 spiro atoms. The van der Waals surface area contributed by atoms with Gasteiger partial charge in [0.2, 0.25) is 5.95 Å². The van der Waals surface area contributed by atoms with Crippen LogP contribution in [0.2, 0.25) is 0 Å². The average molecular weight is 156 g/mol. The quantitative estimate of drug-likeness (QED) is 0.562. The number of rotatable bonds is 0. The highest BCUT2D eigenvalue weighted by molar-refractivity contribution is 4.99. The number of imidazole rings is 1. The van der Waals surface area contributed by atoms with Gasteiger partial charge < -0.3 is 4.57 Å². The maximum absolute atomic E-state index is 13.2. The maximum Gasteiger partial charge on any atom is 0.216 e. The molecule has 0 amide bonds. The Morgan fingerprint density at radius 2 is 2.00 bits per heavy atom. The zero-order chi connectivity index (χ0) is 8.65. The molecule has 11 heavy (non-hydrogen) atoms. The molecule has 0 aliphatic rings. The lowest BCUT2D eigenvalue weighted by atomic mass is 10.1. The van der Waals surface area contributed by atoms with Gasteiger partial charge in [-0.25, -0.2) is 4.98 Å². The molecule has 2 nitrogen and oxygen atoms in total. The Hall–Kier alpha value is -0.860. The Bertz CT molecular complexity index is 258. The summed E-state index contributed by atoms with van der Waals surface area (Å²) in [6.07, 6.45) is 1.53. The number of halogens is 1. The molecule has 0 aromatic carbocycles. The van der Waals surface area contributed by atoms with E-state index in [1.807, 2.05) is 20.8 Å². The summed E-state index contributed by atoms with van der Waals surface area (Å²) in [5.41, 5.74) is 0.241. The van der Waals surface area contributed by atoms with Gasteiger partial charge in [0.15, 0.2) is 0 Å². The Kier molecular flexibility index (Phi) is 1.74. The molecule has 0 aliphatic carbocycles. The van der Waals surface area contributed by atoms with Gasteiger partial charge in [-0.2, -0.15) is 4.39 Å². The van der Waals surface area contributed by atoms with Crippen molar-refractivity contribution in [3.8, 4) is 0 Å². The van der Waals surface area contributed by atoms with Gasteiger partial charge in [0.1, 0.15) is 0 Å². The third-order valence-corrected chi connectivity index (χ3v) is 1.60. The second-order valence-electron chi connectivity index (χ2n) is 3.66. The van der Waals surface area contributed by atoms with Crippen LogP contribution in [-0.4, -0.2) is 9.55 Å². The number of hydrogen-bond donors (Lipinski definition) is 0. The van der Waals surface area contributed by atoms with E-state index >= 15 is 0 Å². The van der Waals surface area contributed by atoms with Gasteiger partial charge >= 0.3 is 0 Å². The van der Waals surface area contributed by atoms with Crippen molar-refractivity contribution in [2.45, 2.75) is 33.2 Å². The van der Waals surface area contributed by atoms with Crippen molar-refractivity contribution in [2.75, 3.05) is 0 Å². The van der Waals surface area contributed by atoms with E-state index in [4.69, 9.17) is 0 Å². The molecule has 62 valence electrons. The molecule has 0 fully saturated rings. The largest absolute Gasteiger partial charge is 0.302 e. The molecule has 1 heterocycles. The topological polar surface area (TPSA) is 17.8 Å². The zero-order valence-electron chi connectivity index (χ0n) is 7.35. The first-order valence-electron chi connectivity index (χ1n) is 3.63. The summed E-state index contributed by atoms with van der Waals surface area (Å²) in [6.45, 7) is 7.49. The summed E-state index contributed by atoms with van der Waals surface area (Å²) in [5, 5.41) is 0. The van der Waals surface area contributed by atoms with Crippen LogP contribution < -0.4 is 0 Å². The van der Waals surface area contributed by atoms with Crippen molar-refractivity contribution < 1.29 is 4.39 Å². The van der Waals surface area contributed by atoms with Gasteiger partial charge in [-0.1, -0.05) is 0 Å². The lowest BCUT2D eigenvalue weighted by Gasteiger charge is -2.20. The Balaban J connectivity index is 3.15. The van der Waals surface area contributed by atoms with E-state index in [0.29, 0.717) is 5.69 Å². The molecule has 0 unspecified atom stereocenters. The van der Waals surface area contributed by atoms with Crippen LogP contribution in [0.15, 0.2) is 6.33 Å². The number of hydrogen-bond acceptors (Lipinski definition) is 1. The van der Waals surface area contributed by atoms with Crippen LogP contribution in [0.3, 0.4) is 0 Å². The fraction of sp³-hybridized carbons (Fsp3) is 0.625. The minimum atomic E-state index is -0.238. The van der Waals surface area contributed by atoms with Crippen molar-refractivity contribution in [3.63, 3.8) is 0 Å². The molecule has 0 saturated carbocycles. The van der Waals surface area contributed by atoms with Crippen molar-refractivity contribution in [1.29, 1.82) is 0 Å². The average Bonchev–Trinajstić information content (AvgIpc) is 2.11. The Morgan fingerprint density at radius 3 is 2.18 bits per heavy atom. The van der Waals surface area contributed by atoms with Crippen LogP contribution in [0.4, 0.5) is 4.39 Å². The monoisotopic (exact) mass is 156 g/mol. The van der Waals surface area contributed by atoms with E-state index in [1.54, 1.807) is 6.92 Å². The van der Waals surface area contributed by atoms with E-state index in [0.717, 1.165) is 0 Å². The summed E-state index contributed by atoms with van der Waals surface area (Å²) in [6, 6.07) is 0. The van der Waals surface area contributed by atoms with Crippen LogP contribution in [0.1, 0.15) is 26.5 Å². The molecular weight excluding hydrogens is 143 g/mol. The summed E-state index contributed by atoms with van der Waals surface area (Å²) >= 11 is 0. The first-order valence-corrected chi connectivity index (χ1v) is 3.63. The van der Waals surface area contributed by atoms with Crippen molar-refractivity contribution in [1.82, 2.24) is 9.55 Å². The van der Waals surface area contributed by atoms with Crippen molar-refractivity contribution in [3.05, 3.63) is 18.0 Å². The molecule has 0 N–H and O–H groups in total. The Labute approximate surface area is 66.1 Å². The van der Waals surface area contributed by atoms with E-state index in [-0.39, 0.29) is 11.5 Å². The second kappa shape index (κ2) is 2.32. The fourth-order valence-electron chi connectivity index (χ4n) is 0.890. The van der Waals surface area contributed by atoms with Crippen LogP contribution in [-0.2, 0) is 5.54 Å². The molecule has 1 aromatic heterocycles.